The van der Waals surface area contributed by atoms with Crippen LogP contribution in [0.3, 0.4) is 0 Å². The van der Waals surface area contributed by atoms with Gasteiger partial charge < -0.3 is 10.0 Å². The van der Waals surface area contributed by atoms with Crippen LogP contribution in [0.2, 0.25) is 0 Å². The van der Waals surface area contributed by atoms with E-state index in [9.17, 15) is 24.8 Å². The molecule has 1 saturated heterocycles. The first kappa shape index (κ1) is 15.9. The zero-order valence-corrected chi connectivity index (χ0v) is 12.9. The first-order valence-electron chi connectivity index (χ1n) is 7.44. The molecule has 2 atom stereocenters. The summed E-state index contributed by atoms with van der Waals surface area (Å²) in [6.45, 7) is 2.25. The second kappa shape index (κ2) is 5.88. The molecule has 1 aliphatic heterocycles. The first-order valence-corrected chi connectivity index (χ1v) is 7.44. The number of amides is 1. The van der Waals surface area contributed by atoms with Crippen molar-refractivity contribution in [2.24, 2.45) is 11.8 Å². The number of fused-ring (bicyclic) bond motifs is 1. The predicted molar refractivity (Wildman–Crippen MR) is 84.6 cm³/mol. The Labute approximate surface area is 136 Å². The predicted octanol–water partition coefficient (Wildman–Crippen LogP) is 1.94. The Morgan fingerprint density at radius 1 is 1.33 bits per heavy atom. The Morgan fingerprint density at radius 3 is 2.71 bits per heavy atom. The number of nitrogens with zero attached hydrogens (tertiary/aromatic N) is 3. The number of hydrogen-bond donors (Lipinski definition) is 1. The summed E-state index contributed by atoms with van der Waals surface area (Å²) in [6, 6.07) is 5.78. The Balaban J connectivity index is 2.01. The van der Waals surface area contributed by atoms with Crippen molar-refractivity contribution < 1.29 is 19.6 Å². The zero-order chi connectivity index (χ0) is 17.4. The van der Waals surface area contributed by atoms with E-state index in [1.165, 1.54) is 23.2 Å². The Morgan fingerprint density at radius 2 is 2.08 bits per heavy atom. The van der Waals surface area contributed by atoms with Gasteiger partial charge in [0.1, 0.15) is 0 Å². The van der Waals surface area contributed by atoms with E-state index in [0.717, 1.165) is 0 Å². The number of likely N-dealkylation sites (tertiary alicyclic amines) is 1. The quantitative estimate of drug-likeness (QED) is 0.680. The minimum atomic E-state index is -0.926. The molecular weight excluding hydrogens is 314 g/mol. The molecule has 0 aliphatic carbocycles. The Bertz CT molecular complexity index is 851. The summed E-state index contributed by atoms with van der Waals surface area (Å²) in [7, 11) is 0. The Hall–Kier alpha value is -3.03. The number of non-ortho nitro benzene ring substituents is 1. The summed E-state index contributed by atoms with van der Waals surface area (Å²) >= 11 is 0. The number of aromatic nitrogens is 1. The molecule has 3 rings (SSSR count). The van der Waals surface area contributed by atoms with Crippen LogP contribution in [0.5, 0.6) is 0 Å². The summed E-state index contributed by atoms with van der Waals surface area (Å²) in [5.41, 5.74) is 0.380. The van der Waals surface area contributed by atoms with Gasteiger partial charge in [-0.15, -0.1) is 0 Å². The molecular formula is C16H15N3O5. The van der Waals surface area contributed by atoms with Crippen LogP contribution in [0.1, 0.15) is 17.3 Å². The number of rotatable bonds is 3. The molecule has 0 spiro atoms. The van der Waals surface area contributed by atoms with E-state index in [1.54, 1.807) is 19.1 Å². The molecule has 2 heterocycles. The molecule has 0 radical (unpaired) electrons. The summed E-state index contributed by atoms with van der Waals surface area (Å²) in [5.74, 6) is -2.04. The number of benzene rings is 1. The normalized spacial score (nSPS) is 20.3. The van der Waals surface area contributed by atoms with Gasteiger partial charge in [0.15, 0.2) is 0 Å². The molecule has 124 valence electrons. The molecule has 1 amide bonds. The van der Waals surface area contributed by atoms with Crippen LogP contribution in [-0.2, 0) is 4.79 Å². The van der Waals surface area contributed by atoms with Crippen LogP contribution >= 0.6 is 0 Å². The van der Waals surface area contributed by atoms with E-state index < -0.39 is 16.8 Å². The van der Waals surface area contributed by atoms with Gasteiger partial charge >= 0.3 is 5.97 Å². The fourth-order valence-corrected chi connectivity index (χ4v) is 3.11. The van der Waals surface area contributed by atoms with Crippen molar-refractivity contribution in [3.63, 3.8) is 0 Å². The van der Waals surface area contributed by atoms with Gasteiger partial charge in [-0.3, -0.25) is 24.7 Å². The SMILES string of the molecule is C[C@@H]1CN(C(=O)c2ccc([N+](=O)[O-])c3cccnc23)C[C@H]1C(=O)O. The maximum atomic E-state index is 12.8. The summed E-state index contributed by atoms with van der Waals surface area (Å²) in [4.78, 5) is 40.2. The summed E-state index contributed by atoms with van der Waals surface area (Å²) in [6.07, 6.45) is 1.47. The molecule has 0 unspecified atom stereocenters. The third-order valence-electron chi connectivity index (χ3n) is 4.39. The standard InChI is InChI=1S/C16H15N3O5/c1-9-7-18(8-12(9)16(21)22)15(20)11-4-5-13(19(23)24)10-3-2-6-17-14(10)11/h2-6,9,12H,7-8H2,1H3,(H,21,22)/t9-,12-/m1/s1. The van der Waals surface area contributed by atoms with Crippen molar-refractivity contribution in [1.82, 2.24) is 9.88 Å². The van der Waals surface area contributed by atoms with Crippen molar-refractivity contribution in [3.05, 3.63) is 46.1 Å². The van der Waals surface area contributed by atoms with Gasteiger partial charge in [0.05, 0.1) is 27.3 Å². The highest BCUT2D eigenvalue weighted by Crippen LogP contribution is 2.30. The van der Waals surface area contributed by atoms with Crippen LogP contribution < -0.4 is 0 Å². The number of nitro benzene ring substituents is 1. The summed E-state index contributed by atoms with van der Waals surface area (Å²) < 4.78 is 0. The molecule has 8 heteroatoms. The number of carbonyl (C=O) groups is 2. The van der Waals surface area contributed by atoms with Crippen LogP contribution in [0.15, 0.2) is 30.5 Å². The van der Waals surface area contributed by atoms with Crippen molar-refractivity contribution >= 4 is 28.5 Å². The Kier molecular flexibility index (Phi) is 3.88. The number of nitro groups is 1. The van der Waals surface area contributed by atoms with Crippen molar-refractivity contribution in [3.8, 4) is 0 Å². The second-order valence-corrected chi connectivity index (χ2v) is 5.92. The van der Waals surface area contributed by atoms with E-state index in [2.05, 4.69) is 4.98 Å². The van der Waals surface area contributed by atoms with Gasteiger partial charge in [-0.05, 0) is 24.1 Å². The molecule has 1 aromatic carbocycles. The van der Waals surface area contributed by atoms with E-state index in [0.29, 0.717) is 6.54 Å². The minimum Gasteiger partial charge on any atom is -0.481 e. The maximum absolute atomic E-state index is 12.8. The fraction of sp³-hybridized carbons (Fsp3) is 0.312. The lowest BCUT2D eigenvalue weighted by Gasteiger charge is -2.16. The van der Waals surface area contributed by atoms with E-state index in [-0.39, 0.29) is 40.5 Å². The molecule has 24 heavy (non-hydrogen) atoms. The summed E-state index contributed by atoms with van der Waals surface area (Å²) in [5, 5.41) is 20.6. The topological polar surface area (TPSA) is 114 Å². The lowest BCUT2D eigenvalue weighted by Crippen LogP contribution is -2.30. The zero-order valence-electron chi connectivity index (χ0n) is 12.9. The van der Waals surface area contributed by atoms with E-state index in [4.69, 9.17) is 0 Å². The number of hydrogen-bond acceptors (Lipinski definition) is 5. The van der Waals surface area contributed by atoms with Crippen molar-refractivity contribution in [2.45, 2.75) is 6.92 Å². The minimum absolute atomic E-state index is 0.118. The van der Waals surface area contributed by atoms with Gasteiger partial charge in [-0.25, -0.2) is 0 Å². The highest BCUT2D eigenvalue weighted by molar-refractivity contribution is 6.07. The molecule has 1 fully saturated rings. The number of pyridine rings is 1. The lowest BCUT2D eigenvalue weighted by molar-refractivity contribution is -0.383. The monoisotopic (exact) mass is 329 g/mol. The maximum Gasteiger partial charge on any atom is 0.308 e. The van der Waals surface area contributed by atoms with E-state index in [1.807, 2.05) is 0 Å². The van der Waals surface area contributed by atoms with Crippen LogP contribution in [0, 0.1) is 22.0 Å². The highest BCUT2D eigenvalue weighted by Gasteiger charge is 2.37. The lowest BCUT2D eigenvalue weighted by atomic mass is 9.99. The third kappa shape index (κ3) is 2.55. The molecule has 0 saturated carbocycles. The second-order valence-electron chi connectivity index (χ2n) is 5.92. The van der Waals surface area contributed by atoms with Gasteiger partial charge in [-0.2, -0.15) is 0 Å². The van der Waals surface area contributed by atoms with Crippen LogP contribution in [-0.4, -0.2) is 44.9 Å². The molecule has 1 aliphatic rings. The first-order chi connectivity index (χ1) is 11.4. The number of carboxylic acids is 1. The molecule has 2 aromatic rings. The van der Waals surface area contributed by atoms with Gasteiger partial charge in [0.25, 0.3) is 11.6 Å². The molecule has 1 N–H and O–H groups in total. The molecule has 8 nitrogen and oxygen atoms in total. The average molecular weight is 329 g/mol. The molecule has 1 aromatic heterocycles. The number of aliphatic carboxylic acids is 1. The average Bonchev–Trinajstić information content (AvgIpc) is 2.95. The van der Waals surface area contributed by atoms with Crippen LogP contribution in [0.4, 0.5) is 5.69 Å². The van der Waals surface area contributed by atoms with Crippen molar-refractivity contribution in [2.75, 3.05) is 13.1 Å². The third-order valence-corrected chi connectivity index (χ3v) is 4.39. The molecule has 0 bridgehead atoms. The van der Waals surface area contributed by atoms with Gasteiger partial charge in [-0.1, -0.05) is 6.92 Å². The fourth-order valence-electron chi connectivity index (χ4n) is 3.11. The number of carboxylic acid groups (broad SMARTS) is 1. The van der Waals surface area contributed by atoms with Gasteiger partial charge in [0, 0.05) is 25.4 Å². The smallest absolute Gasteiger partial charge is 0.308 e. The van der Waals surface area contributed by atoms with Crippen LogP contribution in [0.25, 0.3) is 10.9 Å². The van der Waals surface area contributed by atoms with Gasteiger partial charge in [0.2, 0.25) is 0 Å². The van der Waals surface area contributed by atoms with Crippen molar-refractivity contribution in [1.29, 1.82) is 0 Å². The van der Waals surface area contributed by atoms with E-state index >= 15 is 0 Å². The largest absolute Gasteiger partial charge is 0.481 e. The number of carbonyl (C=O) groups excluding carboxylic acids is 1. The highest BCUT2D eigenvalue weighted by atomic mass is 16.6.